The number of hydrogen-bond donors (Lipinski definition) is 0. The molecule has 0 N–H and O–H groups in total. The lowest BCUT2D eigenvalue weighted by Gasteiger charge is -2.00. The average Bonchev–Trinajstić information content (AvgIpc) is 2.67. The number of benzene rings is 1. The predicted octanol–water partition coefficient (Wildman–Crippen LogP) is 3.23. The smallest absolute Gasteiger partial charge is 0.136 e. The summed E-state index contributed by atoms with van der Waals surface area (Å²) in [4.78, 5) is 4.11. The largest absolute Gasteiger partial charge is 0.378 e. The van der Waals surface area contributed by atoms with Gasteiger partial charge >= 0.3 is 0 Å². The fourth-order valence-electron chi connectivity index (χ4n) is 1.34. The zero-order valence-electron chi connectivity index (χ0n) is 8.54. The van der Waals surface area contributed by atoms with Gasteiger partial charge in [0.05, 0.1) is 17.9 Å². The van der Waals surface area contributed by atoms with Crippen molar-refractivity contribution >= 4 is 11.3 Å². The number of ether oxygens (including phenoxy) is 1. The molecule has 0 fully saturated rings. The second kappa shape index (κ2) is 4.67. The van der Waals surface area contributed by atoms with Crippen LogP contribution in [0.1, 0.15) is 5.69 Å². The first-order chi connectivity index (χ1) is 7.72. The van der Waals surface area contributed by atoms with E-state index in [1.807, 2.05) is 0 Å². The first-order valence-electron chi connectivity index (χ1n) is 4.60. The van der Waals surface area contributed by atoms with E-state index in [0.717, 1.165) is 0 Å². The van der Waals surface area contributed by atoms with Crippen LogP contribution >= 0.6 is 11.3 Å². The molecule has 1 heterocycles. The zero-order chi connectivity index (χ0) is 11.5. The van der Waals surface area contributed by atoms with Gasteiger partial charge in [-0.15, -0.1) is 11.3 Å². The molecule has 0 atom stereocenters. The standard InChI is InChI=1S/C11H9F2NOS/c1-15-5-7-6-16-11(14-7)10-8(12)3-2-4-9(10)13/h2-4,6H,5H2,1H3. The van der Waals surface area contributed by atoms with Crippen LogP contribution in [0.25, 0.3) is 10.6 Å². The minimum absolute atomic E-state index is 0.0742. The van der Waals surface area contributed by atoms with Gasteiger partial charge in [-0.05, 0) is 12.1 Å². The van der Waals surface area contributed by atoms with E-state index in [0.29, 0.717) is 17.3 Å². The molecule has 0 aliphatic carbocycles. The fourth-order valence-corrected chi connectivity index (χ4v) is 2.19. The van der Waals surface area contributed by atoms with E-state index in [1.54, 1.807) is 12.5 Å². The fraction of sp³-hybridized carbons (Fsp3) is 0.182. The molecule has 1 aromatic carbocycles. The maximum Gasteiger partial charge on any atom is 0.136 e. The van der Waals surface area contributed by atoms with Crippen LogP contribution in [0.4, 0.5) is 8.78 Å². The molecule has 0 bridgehead atoms. The molecule has 5 heteroatoms. The van der Waals surface area contributed by atoms with Crippen molar-refractivity contribution in [2.24, 2.45) is 0 Å². The molecule has 16 heavy (non-hydrogen) atoms. The van der Waals surface area contributed by atoms with E-state index in [9.17, 15) is 8.78 Å². The molecule has 0 spiro atoms. The highest BCUT2D eigenvalue weighted by Gasteiger charge is 2.14. The highest BCUT2D eigenvalue weighted by atomic mass is 32.1. The third kappa shape index (κ3) is 2.10. The summed E-state index contributed by atoms with van der Waals surface area (Å²) in [5, 5.41) is 2.06. The van der Waals surface area contributed by atoms with Crippen LogP contribution in [0.15, 0.2) is 23.6 Å². The molecule has 0 aliphatic rings. The molecular weight excluding hydrogens is 232 g/mol. The van der Waals surface area contributed by atoms with Crippen molar-refractivity contribution in [1.82, 2.24) is 4.98 Å². The quantitative estimate of drug-likeness (QED) is 0.823. The molecule has 0 aliphatic heterocycles. The Morgan fingerprint density at radius 2 is 2.00 bits per heavy atom. The summed E-state index contributed by atoms with van der Waals surface area (Å²) in [7, 11) is 1.54. The van der Waals surface area contributed by atoms with Crippen LogP contribution in [-0.4, -0.2) is 12.1 Å². The molecule has 2 rings (SSSR count). The maximum atomic E-state index is 13.4. The van der Waals surface area contributed by atoms with Crippen molar-refractivity contribution in [3.63, 3.8) is 0 Å². The second-order valence-corrected chi connectivity index (χ2v) is 4.03. The van der Waals surface area contributed by atoms with Gasteiger partial charge in [0.1, 0.15) is 16.6 Å². The maximum absolute atomic E-state index is 13.4. The van der Waals surface area contributed by atoms with Crippen LogP contribution in [0.3, 0.4) is 0 Å². The van der Waals surface area contributed by atoms with Crippen molar-refractivity contribution in [1.29, 1.82) is 0 Å². The summed E-state index contributed by atoms with van der Waals surface area (Å²) in [6.45, 7) is 0.340. The Bertz CT molecular complexity index is 478. The summed E-state index contributed by atoms with van der Waals surface area (Å²) in [5.41, 5.74) is 0.597. The minimum atomic E-state index is -0.599. The molecule has 0 unspecified atom stereocenters. The summed E-state index contributed by atoms with van der Waals surface area (Å²) in [6, 6.07) is 3.77. The normalized spacial score (nSPS) is 10.7. The Hall–Kier alpha value is -1.33. The third-order valence-corrected chi connectivity index (χ3v) is 2.93. The summed E-state index contributed by atoms with van der Waals surface area (Å²) >= 11 is 1.20. The minimum Gasteiger partial charge on any atom is -0.378 e. The lowest BCUT2D eigenvalue weighted by molar-refractivity contribution is 0.182. The zero-order valence-corrected chi connectivity index (χ0v) is 9.35. The number of methoxy groups -OCH3 is 1. The van der Waals surface area contributed by atoms with E-state index in [-0.39, 0.29) is 5.56 Å². The summed E-state index contributed by atoms with van der Waals surface area (Å²) in [5.74, 6) is -1.20. The van der Waals surface area contributed by atoms with Crippen molar-refractivity contribution in [2.75, 3.05) is 7.11 Å². The molecule has 0 saturated carbocycles. The molecule has 1 aromatic heterocycles. The summed E-state index contributed by atoms with van der Waals surface area (Å²) < 4.78 is 31.7. The van der Waals surface area contributed by atoms with Crippen LogP contribution in [0.2, 0.25) is 0 Å². The van der Waals surface area contributed by atoms with Crippen LogP contribution in [0.5, 0.6) is 0 Å². The number of halogens is 2. The molecule has 0 saturated heterocycles. The lowest BCUT2D eigenvalue weighted by Crippen LogP contribution is -1.91. The van der Waals surface area contributed by atoms with Gasteiger partial charge in [0.15, 0.2) is 0 Å². The Morgan fingerprint density at radius 3 is 2.62 bits per heavy atom. The third-order valence-electron chi connectivity index (χ3n) is 2.02. The second-order valence-electron chi connectivity index (χ2n) is 3.17. The summed E-state index contributed by atoms with van der Waals surface area (Å²) in [6.07, 6.45) is 0. The Kier molecular flexibility index (Phi) is 3.26. The van der Waals surface area contributed by atoms with Gasteiger partial charge in [0.2, 0.25) is 0 Å². The Labute approximate surface area is 95.5 Å². The number of aromatic nitrogens is 1. The monoisotopic (exact) mass is 241 g/mol. The molecule has 2 nitrogen and oxygen atoms in total. The van der Waals surface area contributed by atoms with Crippen LogP contribution < -0.4 is 0 Å². The number of hydrogen-bond acceptors (Lipinski definition) is 3. The first kappa shape index (κ1) is 11.2. The average molecular weight is 241 g/mol. The van der Waals surface area contributed by atoms with E-state index in [1.165, 1.54) is 29.5 Å². The van der Waals surface area contributed by atoms with Crippen molar-refractivity contribution in [3.05, 3.63) is 40.9 Å². The molecule has 84 valence electrons. The van der Waals surface area contributed by atoms with Gasteiger partial charge in [-0.1, -0.05) is 6.07 Å². The van der Waals surface area contributed by atoms with E-state index >= 15 is 0 Å². The van der Waals surface area contributed by atoms with Crippen molar-refractivity contribution in [2.45, 2.75) is 6.61 Å². The van der Waals surface area contributed by atoms with E-state index in [4.69, 9.17) is 4.74 Å². The molecule has 0 radical (unpaired) electrons. The topological polar surface area (TPSA) is 22.1 Å². The Balaban J connectivity index is 2.42. The predicted molar refractivity (Wildman–Crippen MR) is 58.2 cm³/mol. The molecule has 2 aromatic rings. The highest BCUT2D eigenvalue weighted by Crippen LogP contribution is 2.28. The van der Waals surface area contributed by atoms with E-state index < -0.39 is 11.6 Å². The van der Waals surface area contributed by atoms with Gasteiger partial charge in [0.25, 0.3) is 0 Å². The number of rotatable bonds is 3. The SMILES string of the molecule is COCc1csc(-c2c(F)cccc2F)n1. The van der Waals surface area contributed by atoms with Crippen LogP contribution in [0, 0.1) is 11.6 Å². The Morgan fingerprint density at radius 1 is 1.31 bits per heavy atom. The van der Waals surface area contributed by atoms with E-state index in [2.05, 4.69) is 4.98 Å². The van der Waals surface area contributed by atoms with Gasteiger partial charge in [-0.3, -0.25) is 0 Å². The van der Waals surface area contributed by atoms with Gasteiger partial charge < -0.3 is 4.74 Å². The lowest BCUT2D eigenvalue weighted by atomic mass is 10.2. The highest BCUT2D eigenvalue weighted by molar-refractivity contribution is 7.13. The van der Waals surface area contributed by atoms with Gasteiger partial charge in [0, 0.05) is 12.5 Å². The van der Waals surface area contributed by atoms with Gasteiger partial charge in [-0.2, -0.15) is 0 Å². The van der Waals surface area contributed by atoms with Crippen molar-refractivity contribution < 1.29 is 13.5 Å². The number of nitrogens with zero attached hydrogens (tertiary/aromatic N) is 1. The van der Waals surface area contributed by atoms with Gasteiger partial charge in [-0.25, -0.2) is 13.8 Å². The van der Waals surface area contributed by atoms with Crippen LogP contribution in [-0.2, 0) is 11.3 Å². The molecule has 0 amide bonds. The number of thiazole rings is 1. The first-order valence-corrected chi connectivity index (χ1v) is 5.48. The molecular formula is C11H9F2NOS. The van der Waals surface area contributed by atoms with Crippen molar-refractivity contribution in [3.8, 4) is 10.6 Å².